The number of imidazole rings is 1. The van der Waals surface area contributed by atoms with Crippen molar-refractivity contribution >= 4 is 5.97 Å². The van der Waals surface area contributed by atoms with E-state index in [-0.39, 0.29) is 5.92 Å². The molecule has 2 fully saturated rings. The van der Waals surface area contributed by atoms with E-state index in [9.17, 15) is 9.90 Å². The van der Waals surface area contributed by atoms with Gasteiger partial charge in [0.15, 0.2) is 0 Å². The molecule has 21 heavy (non-hydrogen) atoms. The number of aliphatic carboxylic acids is 1. The first kappa shape index (κ1) is 14.6. The second-order valence-corrected chi connectivity index (χ2v) is 6.61. The van der Waals surface area contributed by atoms with Crippen molar-refractivity contribution < 1.29 is 9.90 Å². The lowest BCUT2D eigenvalue weighted by atomic mass is 9.95. The molecule has 2 unspecified atom stereocenters. The highest BCUT2D eigenvalue weighted by molar-refractivity contribution is 5.85. The van der Waals surface area contributed by atoms with Gasteiger partial charge in [0.1, 0.15) is 5.41 Å². The van der Waals surface area contributed by atoms with E-state index in [4.69, 9.17) is 5.73 Å². The number of nitrogens with zero attached hydrogens (tertiary/aromatic N) is 2. The van der Waals surface area contributed by atoms with E-state index in [1.807, 2.05) is 12.5 Å². The Morgan fingerprint density at radius 3 is 2.86 bits per heavy atom. The maximum absolute atomic E-state index is 11.8. The topological polar surface area (TPSA) is 81.1 Å². The van der Waals surface area contributed by atoms with Crippen LogP contribution >= 0.6 is 0 Å². The Kier molecular flexibility index (Phi) is 4.02. The van der Waals surface area contributed by atoms with Crippen LogP contribution in [0.4, 0.5) is 0 Å². The predicted octanol–water partition coefficient (Wildman–Crippen LogP) is 2.47. The predicted molar refractivity (Wildman–Crippen MR) is 80.1 cm³/mol. The summed E-state index contributed by atoms with van der Waals surface area (Å²) in [5.74, 6) is -0.522. The zero-order valence-corrected chi connectivity index (χ0v) is 12.5. The Hall–Kier alpha value is -1.36. The fraction of sp³-hybridized carbons (Fsp3) is 0.750. The van der Waals surface area contributed by atoms with Gasteiger partial charge < -0.3 is 15.4 Å². The Bertz CT molecular complexity index is 507. The molecule has 0 aromatic carbocycles. The van der Waals surface area contributed by atoms with Crippen LogP contribution in [0, 0.1) is 5.92 Å². The number of carboxylic acids is 1. The van der Waals surface area contributed by atoms with Gasteiger partial charge in [0.2, 0.25) is 0 Å². The van der Waals surface area contributed by atoms with Crippen LogP contribution in [0.2, 0.25) is 0 Å². The molecule has 1 aromatic rings. The summed E-state index contributed by atoms with van der Waals surface area (Å²) in [6, 6.07) is 0.507. The lowest BCUT2D eigenvalue weighted by molar-refractivity contribution is -0.140. The third kappa shape index (κ3) is 2.59. The summed E-state index contributed by atoms with van der Waals surface area (Å²) in [4.78, 5) is 16.2. The van der Waals surface area contributed by atoms with Gasteiger partial charge in [-0.15, -0.1) is 0 Å². The molecular formula is C16H25N3O2. The van der Waals surface area contributed by atoms with Gasteiger partial charge >= 0.3 is 5.97 Å². The molecule has 2 atom stereocenters. The van der Waals surface area contributed by atoms with Gasteiger partial charge in [0.25, 0.3) is 0 Å². The van der Waals surface area contributed by atoms with E-state index in [1.165, 1.54) is 32.1 Å². The highest BCUT2D eigenvalue weighted by Crippen LogP contribution is 2.56. The van der Waals surface area contributed by atoms with Gasteiger partial charge in [-0.3, -0.25) is 4.79 Å². The van der Waals surface area contributed by atoms with Gasteiger partial charge in [-0.25, -0.2) is 4.98 Å². The minimum Gasteiger partial charge on any atom is -0.481 e. The monoisotopic (exact) mass is 291 g/mol. The van der Waals surface area contributed by atoms with Crippen LogP contribution in [0.25, 0.3) is 0 Å². The normalized spacial score (nSPS) is 29.5. The molecule has 116 valence electrons. The summed E-state index contributed by atoms with van der Waals surface area (Å²) in [5, 5.41) is 9.67. The minimum absolute atomic E-state index is 0.202. The minimum atomic E-state index is -0.741. The molecule has 2 aliphatic rings. The average Bonchev–Trinajstić information content (AvgIpc) is 3.03. The number of hydrogen-bond acceptors (Lipinski definition) is 3. The van der Waals surface area contributed by atoms with E-state index < -0.39 is 11.4 Å². The molecular weight excluding hydrogens is 266 g/mol. The number of carbonyl (C=O) groups is 1. The van der Waals surface area contributed by atoms with Gasteiger partial charge in [-0.2, -0.15) is 0 Å². The number of rotatable bonds is 6. The quantitative estimate of drug-likeness (QED) is 0.843. The summed E-state index contributed by atoms with van der Waals surface area (Å²) in [6.45, 7) is 0.628. The van der Waals surface area contributed by atoms with Crippen molar-refractivity contribution in [1.82, 2.24) is 9.55 Å². The maximum atomic E-state index is 11.8. The molecule has 0 radical (unpaired) electrons. The first-order chi connectivity index (χ1) is 10.2. The summed E-state index contributed by atoms with van der Waals surface area (Å²) in [6.07, 6.45) is 12.5. The molecule has 0 spiro atoms. The Morgan fingerprint density at radius 1 is 1.43 bits per heavy atom. The lowest BCUT2D eigenvalue weighted by Gasteiger charge is -2.22. The second kappa shape index (κ2) is 5.79. The second-order valence-electron chi connectivity index (χ2n) is 6.61. The molecule has 3 rings (SSSR count). The standard InChI is InChI=1S/C16H25N3O2/c17-8-4-5-12-9-16(12,15(20)21)14-10-19(11-18-14)13-6-2-1-3-7-13/h10-13H,1-9,17H2,(H,20,21). The molecule has 0 saturated heterocycles. The first-order valence-electron chi connectivity index (χ1n) is 8.16. The average molecular weight is 291 g/mol. The zero-order chi connectivity index (χ0) is 14.9. The van der Waals surface area contributed by atoms with Crippen LogP contribution < -0.4 is 5.73 Å². The number of carboxylic acid groups (broad SMARTS) is 1. The maximum Gasteiger partial charge on any atom is 0.316 e. The van der Waals surface area contributed by atoms with Crippen LogP contribution in [0.15, 0.2) is 12.5 Å². The molecule has 2 aliphatic carbocycles. The van der Waals surface area contributed by atoms with Crippen LogP contribution in [0.1, 0.15) is 63.1 Å². The third-order valence-electron chi connectivity index (χ3n) is 5.30. The van der Waals surface area contributed by atoms with Gasteiger partial charge in [0, 0.05) is 12.2 Å². The summed E-state index contributed by atoms with van der Waals surface area (Å²) < 4.78 is 2.15. The van der Waals surface area contributed by atoms with E-state index in [0.29, 0.717) is 19.0 Å². The molecule has 0 amide bonds. The number of aromatic nitrogens is 2. The van der Waals surface area contributed by atoms with E-state index in [2.05, 4.69) is 9.55 Å². The number of hydrogen-bond donors (Lipinski definition) is 2. The Balaban J connectivity index is 1.76. The fourth-order valence-electron chi connectivity index (χ4n) is 3.87. The van der Waals surface area contributed by atoms with Gasteiger partial charge in [-0.1, -0.05) is 19.3 Å². The summed E-state index contributed by atoms with van der Waals surface area (Å²) >= 11 is 0. The van der Waals surface area contributed by atoms with Crippen molar-refractivity contribution in [1.29, 1.82) is 0 Å². The first-order valence-corrected chi connectivity index (χ1v) is 8.16. The Labute approximate surface area is 125 Å². The highest BCUT2D eigenvalue weighted by atomic mass is 16.4. The van der Waals surface area contributed by atoms with Crippen LogP contribution in [0.5, 0.6) is 0 Å². The smallest absolute Gasteiger partial charge is 0.316 e. The van der Waals surface area contributed by atoms with Crippen LogP contribution in [-0.2, 0) is 10.2 Å². The van der Waals surface area contributed by atoms with E-state index in [1.54, 1.807) is 0 Å². The van der Waals surface area contributed by atoms with Crippen molar-refractivity contribution in [3.8, 4) is 0 Å². The molecule has 5 heteroatoms. The lowest BCUT2D eigenvalue weighted by Crippen LogP contribution is -2.23. The molecule has 3 N–H and O–H groups in total. The zero-order valence-electron chi connectivity index (χ0n) is 12.5. The molecule has 0 aliphatic heterocycles. The molecule has 2 saturated carbocycles. The molecule has 0 bridgehead atoms. The largest absolute Gasteiger partial charge is 0.481 e. The Morgan fingerprint density at radius 2 is 2.19 bits per heavy atom. The SMILES string of the molecule is NCCCC1CC1(C(=O)O)c1cn(C2CCCCC2)cn1. The van der Waals surface area contributed by atoms with Crippen molar-refractivity contribution in [2.75, 3.05) is 6.54 Å². The molecule has 5 nitrogen and oxygen atoms in total. The highest BCUT2D eigenvalue weighted by Gasteiger charge is 2.62. The van der Waals surface area contributed by atoms with Gasteiger partial charge in [0.05, 0.1) is 12.0 Å². The fourth-order valence-corrected chi connectivity index (χ4v) is 3.87. The third-order valence-corrected chi connectivity index (χ3v) is 5.30. The summed E-state index contributed by atoms with van der Waals surface area (Å²) in [5.41, 5.74) is 5.55. The van der Waals surface area contributed by atoms with Gasteiger partial charge in [-0.05, 0) is 44.6 Å². The summed E-state index contributed by atoms with van der Waals surface area (Å²) in [7, 11) is 0. The van der Waals surface area contributed by atoms with Crippen molar-refractivity contribution in [3.05, 3.63) is 18.2 Å². The molecule has 1 heterocycles. The van der Waals surface area contributed by atoms with E-state index in [0.717, 1.165) is 18.5 Å². The van der Waals surface area contributed by atoms with Crippen molar-refractivity contribution in [3.63, 3.8) is 0 Å². The van der Waals surface area contributed by atoms with Crippen molar-refractivity contribution in [2.45, 2.75) is 62.8 Å². The van der Waals surface area contributed by atoms with Crippen molar-refractivity contribution in [2.24, 2.45) is 11.7 Å². The van der Waals surface area contributed by atoms with Crippen LogP contribution in [-0.4, -0.2) is 27.2 Å². The number of nitrogens with two attached hydrogens (primary N) is 1. The van der Waals surface area contributed by atoms with Crippen LogP contribution in [0.3, 0.4) is 0 Å². The van der Waals surface area contributed by atoms with E-state index >= 15 is 0 Å². The molecule has 1 aromatic heterocycles.